The summed E-state index contributed by atoms with van der Waals surface area (Å²) >= 11 is 0. The Hall–Kier alpha value is -2.42. The first-order chi connectivity index (χ1) is 15.8. The van der Waals surface area contributed by atoms with Crippen molar-refractivity contribution in [3.63, 3.8) is 0 Å². The first-order valence-corrected chi connectivity index (χ1v) is 12.0. The maximum absolute atomic E-state index is 15.6. The van der Waals surface area contributed by atoms with Crippen LogP contribution in [0.25, 0.3) is 11.2 Å². The monoisotopic (exact) mass is 505 g/mol. The lowest BCUT2D eigenvalue weighted by Gasteiger charge is -2.24. The minimum Gasteiger partial charge on any atom is -0.462 e. The third kappa shape index (κ3) is 5.29. The zero-order chi connectivity index (χ0) is 25.4. The second-order valence-electron chi connectivity index (χ2n) is 8.28. The van der Waals surface area contributed by atoms with E-state index in [-0.39, 0.29) is 11.6 Å². The van der Waals surface area contributed by atoms with Crippen molar-refractivity contribution in [2.45, 2.75) is 63.9 Å². The Balaban J connectivity index is 1.74. The molecule has 34 heavy (non-hydrogen) atoms. The zero-order valence-electron chi connectivity index (χ0n) is 19.3. The molecule has 0 spiro atoms. The molecule has 0 aliphatic carbocycles. The number of hydrogen-bond donors (Lipinski definition) is 5. The SMILES string of the molecule is CNc1nc(N)nc2c1ncn2[C@@H]1O[C@H](COP(=O)(O)N[C@@H](C)C(=O)OC(C)C)[C@@H](O)[C@@]1(C)F. The number of ether oxygens (including phenoxy) is 2. The first kappa shape index (κ1) is 26.2. The molecule has 0 amide bonds. The Bertz CT molecular complexity index is 1100. The molecule has 0 aromatic carbocycles. The molecular formula is C18H29FN7O7P. The van der Waals surface area contributed by atoms with Gasteiger partial charge in [-0.05, 0) is 27.7 Å². The van der Waals surface area contributed by atoms with E-state index in [1.165, 1.54) is 17.8 Å². The van der Waals surface area contributed by atoms with Crippen molar-refractivity contribution in [3.8, 4) is 0 Å². The van der Waals surface area contributed by atoms with Crippen molar-refractivity contribution >= 4 is 36.6 Å². The summed E-state index contributed by atoms with van der Waals surface area (Å²) in [6.45, 7) is 5.04. The number of carbonyl (C=O) groups excluding carboxylic acids is 1. The van der Waals surface area contributed by atoms with Gasteiger partial charge in [-0.1, -0.05) is 0 Å². The molecule has 1 aliphatic rings. The van der Waals surface area contributed by atoms with E-state index in [0.717, 1.165) is 6.92 Å². The van der Waals surface area contributed by atoms with Crippen LogP contribution in [0.3, 0.4) is 0 Å². The Kier molecular flexibility index (Phi) is 7.45. The number of carbonyl (C=O) groups is 1. The number of halogens is 1. The van der Waals surface area contributed by atoms with E-state index in [9.17, 15) is 19.4 Å². The molecule has 2 aromatic rings. The largest absolute Gasteiger partial charge is 0.462 e. The average molecular weight is 505 g/mol. The number of aromatic nitrogens is 4. The first-order valence-electron chi connectivity index (χ1n) is 10.4. The molecule has 1 unspecified atom stereocenters. The van der Waals surface area contributed by atoms with Gasteiger partial charge in [0.1, 0.15) is 18.2 Å². The number of aliphatic hydroxyl groups excluding tert-OH is 1. The molecule has 0 bridgehead atoms. The van der Waals surface area contributed by atoms with Gasteiger partial charge in [-0.15, -0.1) is 0 Å². The fourth-order valence-corrected chi connectivity index (χ4v) is 4.49. The van der Waals surface area contributed by atoms with Crippen LogP contribution in [0, 0.1) is 0 Å². The molecule has 190 valence electrons. The molecule has 0 saturated carbocycles. The molecule has 2 aromatic heterocycles. The van der Waals surface area contributed by atoms with E-state index >= 15 is 4.39 Å². The lowest BCUT2D eigenvalue weighted by atomic mass is 9.98. The van der Waals surface area contributed by atoms with E-state index in [1.807, 2.05) is 0 Å². The zero-order valence-corrected chi connectivity index (χ0v) is 20.2. The summed E-state index contributed by atoms with van der Waals surface area (Å²) in [6, 6.07) is -1.16. The highest BCUT2D eigenvalue weighted by atomic mass is 31.2. The van der Waals surface area contributed by atoms with Crippen LogP contribution >= 0.6 is 7.75 Å². The van der Waals surface area contributed by atoms with Gasteiger partial charge < -0.3 is 30.5 Å². The second-order valence-corrected chi connectivity index (χ2v) is 9.84. The molecular weight excluding hydrogens is 476 g/mol. The third-order valence-corrected chi connectivity index (χ3v) is 6.33. The van der Waals surface area contributed by atoms with E-state index in [1.54, 1.807) is 20.9 Å². The van der Waals surface area contributed by atoms with Gasteiger partial charge >= 0.3 is 13.7 Å². The molecule has 1 saturated heterocycles. The van der Waals surface area contributed by atoms with Gasteiger partial charge in [0.15, 0.2) is 28.9 Å². The topological polar surface area (TPSA) is 196 Å². The van der Waals surface area contributed by atoms with Gasteiger partial charge in [0.25, 0.3) is 0 Å². The summed E-state index contributed by atoms with van der Waals surface area (Å²) < 4.78 is 44.8. The number of esters is 1. The lowest BCUT2D eigenvalue weighted by Crippen LogP contribution is -2.41. The number of fused-ring (bicyclic) bond motifs is 1. The van der Waals surface area contributed by atoms with E-state index in [0.29, 0.717) is 11.3 Å². The number of rotatable bonds is 9. The third-order valence-electron chi connectivity index (χ3n) is 5.12. The molecule has 14 nitrogen and oxygen atoms in total. The van der Waals surface area contributed by atoms with Gasteiger partial charge in [0.2, 0.25) is 5.95 Å². The molecule has 1 aliphatic heterocycles. The van der Waals surface area contributed by atoms with Crippen LogP contribution in [0.2, 0.25) is 0 Å². The van der Waals surface area contributed by atoms with Crippen molar-refractivity contribution in [1.82, 2.24) is 24.6 Å². The molecule has 1 fully saturated rings. The van der Waals surface area contributed by atoms with Crippen molar-refractivity contribution < 1.29 is 37.7 Å². The Morgan fingerprint density at radius 3 is 2.74 bits per heavy atom. The predicted octanol–water partition coefficient (Wildman–Crippen LogP) is 0.483. The number of alkyl halides is 1. The number of aliphatic hydroxyl groups is 1. The maximum Gasteiger partial charge on any atom is 0.403 e. The normalized spacial score (nSPS) is 27.6. The van der Waals surface area contributed by atoms with Crippen molar-refractivity contribution in [2.75, 3.05) is 24.7 Å². The number of nitrogens with two attached hydrogens (primary N) is 1. The summed E-state index contributed by atoms with van der Waals surface area (Å²) in [5, 5.41) is 15.5. The van der Waals surface area contributed by atoms with Crippen LogP contribution in [0.1, 0.15) is 33.9 Å². The highest BCUT2D eigenvalue weighted by molar-refractivity contribution is 7.50. The summed E-state index contributed by atoms with van der Waals surface area (Å²) in [4.78, 5) is 34.2. The van der Waals surface area contributed by atoms with Gasteiger partial charge in [-0.25, -0.2) is 19.0 Å². The summed E-state index contributed by atoms with van der Waals surface area (Å²) in [6.07, 6.45) is -3.63. The Labute approximate surface area is 194 Å². The average Bonchev–Trinajstić information content (AvgIpc) is 3.23. The highest BCUT2D eigenvalue weighted by Gasteiger charge is 2.55. The summed E-state index contributed by atoms with van der Waals surface area (Å²) in [7, 11) is -2.93. The van der Waals surface area contributed by atoms with Gasteiger partial charge in [-0.2, -0.15) is 9.97 Å². The maximum atomic E-state index is 15.6. The van der Waals surface area contributed by atoms with E-state index in [4.69, 9.17) is 19.7 Å². The highest BCUT2D eigenvalue weighted by Crippen LogP contribution is 2.45. The molecule has 0 radical (unpaired) electrons. The van der Waals surface area contributed by atoms with Crippen LogP contribution in [-0.4, -0.2) is 79.2 Å². The van der Waals surface area contributed by atoms with Crippen LogP contribution < -0.4 is 16.1 Å². The summed E-state index contributed by atoms with van der Waals surface area (Å²) in [5.41, 5.74) is 3.83. The minimum absolute atomic E-state index is 0.0880. The fourth-order valence-electron chi connectivity index (χ4n) is 3.47. The van der Waals surface area contributed by atoms with Crippen LogP contribution in [0.5, 0.6) is 0 Å². The van der Waals surface area contributed by atoms with E-state index in [2.05, 4.69) is 25.4 Å². The number of anilines is 2. The smallest absolute Gasteiger partial charge is 0.403 e. The molecule has 16 heteroatoms. The number of hydrogen-bond acceptors (Lipinski definition) is 11. The lowest BCUT2D eigenvalue weighted by molar-refractivity contribution is -0.149. The van der Waals surface area contributed by atoms with Crippen LogP contribution in [0.4, 0.5) is 16.2 Å². The Morgan fingerprint density at radius 1 is 1.44 bits per heavy atom. The number of nitrogen functional groups attached to an aromatic ring is 1. The number of nitrogens with one attached hydrogen (secondary N) is 2. The van der Waals surface area contributed by atoms with Gasteiger partial charge in [0, 0.05) is 7.05 Å². The van der Waals surface area contributed by atoms with Gasteiger partial charge in [-0.3, -0.25) is 13.9 Å². The van der Waals surface area contributed by atoms with E-state index < -0.39 is 56.6 Å². The predicted molar refractivity (Wildman–Crippen MR) is 118 cm³/mol. The van der Waals surface area contributed by atoms with Crippen molar-refractivity contribution in [1.29, 1.82) is 0 Å². The number of imidazole rings is 1. The number of nitrogens with zero attached hydrogens (tertiary/aromatic N) is 4. The quantitative estimate of drug-likeness (QED) is 0.233. The minimum atomic E-state index is -4.53. The second kappa shape index (κ2) is 9.68. The summed E-state index contributed by atoms with van der Waals surface area (Å²) in [5.74, 6) is -0.525. The van der Waals surface area contributed by atoms with Crippen LogP contribution in [0.15, 0.2) is 6.33 Å². The standard InChI is InChI=1S/C18H29FN7O7P/c1-8(2)32-15(28)9(3)25-34(29,30)31-6-10-12(27)18(4,19)16(33-10)26-7-22-11-13(21-5)23-17(20)24-14(11)26/h7-10,12,16,27H,6H2,1-5H3,(H2,25,29,30)(H3,20,21,23,24)/t9-,10+,12+,16+,18+/m0/s1. The van der Waals surface area contributed by atoms with Gasteiger partial charge in [0.05, 0.1) is 19.0 Å². The molecule has 6 atom stereocenters. The van der Waals surface area contributed by atoms with Crippen LogP contribution in [-0.2, 0) is 23.4 Å². The molecule has 3 rings (SSSR count). The van der Waals surface area contributed by atoms with Crippen molar-refractivity contribution in [3.05, 3.63) is 6.33 Å². The molecule has 3 heterocycles. The Morgan fingerprint density at radius 2 is 2.12 bits per heavy atom. The fraction of sp³-hybridized carbons (Fsp3) is 0.667. The van der Waals surface area contributed by atoms with Crippen molar-refractivity contribution in [2.24, 2.45) is 0 Å². The molecule has 6 N–H and O–H groups in total.